The third-order valence-corrected chi connectivity index (χ3v) is 5.49. The third kappa shape index (κ3) is 7.46. The van der Waals surface area contributed by atoms with Crippen LogP contribution in [0.25, 0.3) is 0 Å². The molecule has 0 bridgehead atoms. The molecule has 4 atom stereocenters. The summed E-state index contributed by atoms with van der Waals surface area (Å²) in [5.41, 5.74) is 0.200. The number of unbranched alkanes of at least 4 members (excludes halogenated alkanes) is 3. The quantitative estimate of drug-likeness (QED) is 0.382. The lowest BCUT2D eigenvalue weighted by molar-refractivity contribution is -0.0795. The van der Waals surface area contributed by atoms with Gasteiger partial charge in [0.2, 0.25) is 0 Å². The molecule has 1 N–H and O–H groups in total. The normalized spacial score (nSPS) is 23.5. The first-order chi connectivity index (χ1) is 15.1. The van der Waals surface area contributed by atoms with Gasteiger partial charge in [-0.1, -0.05) is 40.0 Å². The summed E-state index contributed by atoms with van der Waals surface area (Å²) < 4.78 is 53.0. The summed E-state index contributed by atoms with van der Waals surface area (Å²) >= 11 is 0. The van der Waals surface area contributed by atoms with Crippen molar-refractivity contribution < 1.29 is 32.8 Å². The Morgan fingerprint density at radius 3 is 2.10 bits per heavy atom. The van der Waals surface area contributed by atoms with Crippen LogP contribution in [0.3, 0.4) is 0 Å². The highest BCUT2D eigenvalue weighted by molar-refractivity contribution is 5.30. The molecule has 1 unspecified atom stereocenters. The van der Waals surface area contributed by atoms with Gasteiger partial charge in [0.25, 0.3) is 0 Å². The largest absolute Gasteiger partial charge is 0.392 e. The Morgan fingerprint density at radius 2 is 1.48 bits per heavy atom. The Bertz CT molecular complexity index is 643. The molecule has 178 valence electrons. The van der Waals surface area contributed by atoms with Gasteiger partial charge in [-0.25, -0.2) is 8.78 Å². The van der Waals surface area contributed by atoms with E-state index in [2.05, 4.69) is 20.8 Å². The molecule has 1 aliphatic heterocycles. The zero-order chi connectivity index (χ0) is 22.6. The van der Waals surface area contributed by atoms with E-state index < -0.39 is 42.7 Å². The average Bonchev–Trinajstić information content (AvgIpc) is 3.09. The number of aliphatic hydroxyl groups excluding tert-OH is 1. The molecule has 31 heavy (non-hydrogen) atoms. The van der Waals surface area contributed by atoms with Crippen molar-refractivity contribution in [1.82, 2.24) is 0 Å². The predicted molar refractivity (Wildman–Crippen MR) is 115 cm³/mol. The van der Waals surface area contributed by atoms with Crippen molar-refractivity contribution in [3.05, 3.63) is 34.9 Å². The van der Waals surface area contributed by atoms with Crippen LogP contribution in [0.15, 0.2) is 12.1 Å². The second-order valence-corrected chi connectivity index (χ2v) is 8.02. The Morgan fingerprint density at radius 1 is 0.871 bits per heavy atom. The lowest BCUT2D eigenvalue weighted by Crippen LogP contribution is -2.38. The summed E-state index contributed by atoms with van der Waals surface area (Å²) in [6, 6.07) is 2.13. The summed E-state index contributed by atoms with van der Waals surface area (Å²) in [5.74, 6) is -1.50. The lowest BCUT2D eigenvalue weighted by Gasteiger charge is -2.25. The molecule has 1 fully saturated rings. The van der Waals surface area contributed by atoms with Gasteiger partial charge in [0.1, 0.15) is 36.1 Å². The van der Waals surface area contributed by atoms with Crippen molar-refractivity contribution in [3.8, 4) is 0 Å². The molecular weight excluding hydrogens is 406 g/mol. The van der Waals surface area contributed by atoms with Crippen LogP contribution in [0.1, 0.15) is 76.5 Å². The van der Waals surface area contributed by atoms with E-state index in [1.807, 2.05) is 0 Å². The van der Waals surface area contributed by atoms with Crippen LogP contribution in [0.5, 0.6) is 0 Å². The van der Waals surface area contributed by atoms with E-state index in [-0.39, 0.29) is 11.1 Å². The van der Waals surface area contributed by atoms with Gasteiger partial charge in [-0.15, -0.1) is 0 Å². The summed E-state index contributed by atoms with van der Waals surface area (Å²) in [4.78, 5) is 0. The number of benzene rings is 1. The van der Waals surface area contributed by atoms with Crippen LogP contribution < -0.4 is 0 Å². The van der Waals surface area contributed by atoms with E-state index in [0.717, 1.165) is 44.6 Å². The molecule has 0 radical (unpaired) electrons. The highest BCUT2D eigenvalue weighted by atomic mass is 19.1. The Labute approximate surface area is 185 Å². The fraction of sp³-hybridized carbons (Fsp3) is 0.750. The molecule has 5 nitrogen and oxygen atoms in total. The highest BCUT2D eigenvalue weighted by Gasteiger charge is 2.48. The molecule has 0 aliphatic carbocycles. The molecule has 2 rings (SSSR count). The van der Waals surface area contributed by atoms with Crippen LogP contribution in [0, 0.1) is 11.6 Å². The van der Waals surface area contributed by atoms with Gasteiger partial charge in [-0.05, 0) is 25.3 Å². The molecular formula is C24H38F2O5. The van der Waals surface area contributed by atoms with Gasteiger partial charge in [0.15, 0.2) is 0 Å². The summed E-state index contributed by atoms with van der Waals surface area (Å²) in [7, 11) is 0. The van der Waals surface area contributed by atoms with Crippen LogP contribution in [0.4, 0.5) is 8.78 Å². The third-order valence-electron chi connectivity index (χ3n) is 5.49. The van der Waals surface area contributed by atoms with Crippen LogP contribution in [0.2, 0.25) is 0 Å². The number of halogens is 2. The molecule has 7 heteroatoms. The number of aliphatic hydroxyl groups is 1. The highest BCUT2D eigenvalue weighted by Crippen LogP contribution is 2.39. The minimum absolute atomic E-state index is 0.0263. The molecule has 0 amide bonds. The van der Waals surface area contributed by atoms with E-state index in [4.69, 9.17) is 18.9 Å². The molecule has 1 heterocycles. The van der Waals surface area contributed by atoms with Gasteiger partial charge < -0.3 is 24.1 Å². The second kappa shape index (κ2) is 14.1. The summed E-state index contributed by atoms with van der Waals surface area (Å²) in [6.07, 6.45) is 3.51. The molecule has 0 saturated carbocycles. The van der Waals surface area contributed by atoms with Gasteiger partial charge in [0.05, 0.1) is 13.2 Å². The number of hydrogen-bond acceptors (Lipinski definition) is 5. The Balaban J connectivity index is 2.29. The van der Waals surface area contributed by atoms with Crippen LogP contribution in [-0.4, -0.2) is 49.8 Å². The SMILES string of the molecule is CCCCOC[C@H]1O[C@@H](c2cc(CO)c(F)cc2F)C(OCCCC)[C@H]1OCCCC. The van der Waals surface area contributed by atoms with Gasteiger partial charge in [-0.2, -0.15) is 0 Å². The Kier molecular flexibility index (Phi) is 11.9. The fourth-order valence-electron chi connectivity index (χ4n) is 3.62. The molecule has 0 aromatic heterocycles. The monoisotopic (exact) mass is 444 g/mol. The van der Waals surface area contributed by atoms with E-state index in [9.17, 15) is 13.9 Å². The van der Waals surface area contributed by atoms with Crippen molar-refractivity contribution in [3.63, 3.8) is 0 Å². The number of ether oxygens (including phenoxy) is 4. The first kappa shape index (κ1) is 26.1. The zero-order valence-corrected chi connectivity index (χ0v) is 19.1. The standard InChI is InChI=1S/C24H38F2O5/c1-4-7-10-28-16-21-23(29-11-8-5-2)24(30-12-9-6-3)22(31-21)18-13-17(15-27)19(25)14-20(18)26/h13-14,21-24,27H,4-12,15-16H2,1-3H3/t21-,22+,23+,24?/m1/s1. The minimum atomic E-state index is -0.777. The van der Waals surface area contributed by atoms with Crippen molar-refractivity contribution in [1.29, 1.82) is 0 Å². The van der Waals surface area contributed by atoms with Crippen molar-refractivity contribution in [2.45, 2.75) is 90.3 Å². The van der Waals surface area contributed by atoms with Crippen molar-refractivity contribution in [2.75, 3.05) is 26.4 Å². The van der Waals surface area contributed by atoms with Crippen molar-refractivity contribution >= 4 is 0 Å². The molecule has 1 aromatic carbocycles. The smallest absolute Gasteiger partial charge is 0.132 e. The second-order valence-electron chi connectivity index (χ2n) is 8.02. The zero-order valence-electron chi connectivity index (χ0n) is 19.1. The van der Waals surface area contributed by atoms with E-state index >= 15 is 0 Å². The van der Waals surface area contributed by atoms with Gasteiger partial charge in [0, 0.05) is 37.0 Å². The number of hydrogen-bond donors (Lipinski definition) is 1. The maximum Gasteiger partial charge on any atom is 0.132 e. The summed E-state index contributed by atoms with van der Waals surface area (Å²) in [5, 5.41) is 9.45. The topological polar surface area (TPSA) is 57.2 Å². The maximum absolute atomic E-state index is 14.8. The molecule has 1 aromatic rings. The van der Waals surface area contributed by atoms with Crippen LogP contribution in [-0.2, 0) is 25.6 Å². The van der Waals surface area contributed by atoms with Gasteiger partial charge in [-0.3, -0.25) is 0 Å². The van der Waals surface area contributed by atoms with E-state index in [1.54, 1.807) is 0 Å². The molecule has 0 spiro atoms. The van der Waals surface area contributed by atoms with E-state index in [0.29, 0.717) is 26.4 Å². The predicted octanol–water partition coefficient (Wildman–Crippen LogP) is 5.08. The molecule has 1 saturated heterocycles. The number of rotatable bonds is 15. The Hall–Kier alpha value is -1.12. The van der Waals surface area contributed by atoms with Crippen molar-refractivity contribution in [2.24, 2.45) is 0 Å². The lowest BCUT2D eigenvalue weighted by atomic mass is 9.98. The molecule has 1 aliphatic rings. The first-order valence-corrected chi connectivity index (χ1v) is 11.6. The summed E-state index contributed by atoms with van der Waals surface area (Å²) in [6.45, 7) is 7.70. The minimum Gasteiger partial charge on any atom is -0.392 e. The van der Waals surface area contributed by atoms with Gasteiger partial charge >= 0.3 is 0 Å². The average molecular weight is 445 g/mol. The maximum atomic E-state index is 14.8. The van der Waals surface area contributed by atoms with E-state index in [1.165, 1.54) is 6.07 Å². The fourth-order valence-corrected chi connectivity index (χ4v) is 3.62. The van der Waals surface area contributed by atoms with Crippen LogP contribution >= 0.6 is 0 Å². The first-order valence-electron chi connectivity index (χ1n) is 11.6.